The van der Waals surface area contributed by atoms with Crippen molar-refractivity contribution < 1.29 is 17.8 Å². The van der Waals surface area contributed by atoms with Crippen molar-refractivity contribution in [2.75, 3.05) is 6.61 Å². The van der Waals surface area contributed by atoms with E-state index in [4.69, 9.17) is 16.3 Å². The molecule has 1 atom stereocenters. The molecule has 0 spiro atoms. The van der Waals surface area contributed by atoms with Gasteiger partial charge in [0, 0.05) is 13.0 Å². The van der Waals surface area contributed by atoms with Crippen molar-refractivity contribution in [2.24, 2.45) is 0 Å². The normalized spacial score (nSPS) is 14.0. The number of alkyl halides is 1. The fourth-order valence-corrected chi connectivity index (χ4v) is 1.78. The molecule has 18 heavy (non-hydrogen) atoms. The van der Waals surface area contributed by atoms with Gasteiger partial charge in [0.2, 0.25) is 0 Å². The minimum Gasteiger partial charge on any atom is -0.382 e. The Morgan fingerprint density at radius 2 is 2.06 bits per heavy atom. The summed E-state index contributed by atoms with van der Waals surface area (Å²) in [5, 5.41) is 0. The third-order valence-corrected chi connectivity index (χ3v) is 3.03. The van der Waals surface area contributed by atoms with E-state index in [1.807, 2.05) is 0 Å². The van der Waals surface area contributed by atoms with Gasteiger partial charge >= 0.3 is 5.97 Å². The van der Waals surface area contributed by atoms with E-state index in [1.54, 1.807) is 19.1 Å². The highest BCUT2D eigenvalue weighted by molar-refractivity contribution is 9.06. The van der Waals surface area contributed by atoms with Gasteiger partial charge in [-0.3, -0.25) is 0 Å². The van der Waals surface area contributed by atoms with E-state index in [2.05, 4.69) is 20.1 Å². The van der Waals surface area contributed by atoms with Crippen molar-refractivity contribution in [3.63, 3.8) is 0 Å². The van der Waals surface area contributed by atoms with Crippen molar-refractivity contribution >= 4 is 33.8 Å². The molecular weight excluding hydrogens is 326 g/mol. The number of carbonyl (C=O) groups excluding carboxylic acids is 1. The smallest absolute Gasteiger partial charge is 0.338 e. The van der Waals surface area contributed by atoms with E-state index in [-0.39, 0.29) is 5.82 Å². The number of rotatable bonds is 6. The zero-order chi connectivity index (χ0) is 13.6. The van der Waals surface area contributed by atoms with Crippen LogP contribution in [0.15, 0.2) is 24.3 Å². The topological polar surface area (TPSA) is 35.5 Å². The number of carbonyl (C=O) groups is 1. The van der Waals surface area contributed by atoms with Gasteiger partial charge in [-0.25, -0.2) is 9.18 Å². The van der Waals surface area contributed by atoms with E-state index in [1.165, 1.54) is 12.1 Å². The number of hydrogen-bond acceptors (Lipinski definition) is 3. The lowest BCUT2D eigenvalue weighted by Gasteiger charge is -2.17. The van der Waals surface area contributed by atoms with Crippen molar-refractivity contribution in [1.82, 2.24) is 0 Å². The summed E-state index contributed by atoms with van der Waals surface area (Å²) in [6.07, 6.45) is 0.320. The van der Waals surface area contributed by atoms with Crippen molar-refractivity contribution in [2.45, 2.75) is 24.8 Å². The van der Waals surface area contributed by atoms with E-state index in [0.717, 1.165) is 5.56 Å². The maximum Gasteiger partial charge on any atom is 0.338 e. The fraction of sp³-hybridized carbons (Fsp3) is 0.417. The van der Waals surface area contributed by atoms with Crippen molar-refractivity contribution in [3.05, 3.63) is 35.6 Å². The molecule has 0 aliphatic carbocycles. The molecule has 0 bridgehead atoms. The Bertz CT molecular complexity index is 395. The number of benzene rings is 1. The van der Waals surface area contributed by atoms with Crippen LogP contribution >= 0.6 is 27.9 Å². The van der Waals surface area contributed by atoms with Crippen LogP contribution < -0.4 is 0 Å². The van der Waals surface area contributed by atoms with Crippen LogP contribution in [0.5, 0.6) is 0 Å². The molecule has 0 saturated carbocycles. The first-order valence-electron chi connectivity index (χ1n) is 5.30. The Balaban J connectivity index is 2.30. The van der Waals surface area contributed by atoms with Crippen LogP contribution in [0.1, 0.15) is 18.9 Å². The molecule has 0 aliphatic heterocycles. The molecule has 1 aromatic rings. The maximum atomic E-state index is 12.6. The average molecular weight is 340 g/mol. The predicted octanol–water partition coefficient (Wildman–Crippen LogP) is 3.58. The molecule has 1 aromatic carbocycles. The largest absolute Gasteiger partial charge is 0.382 e. The second kappa shape index (κ2) is 7.07. The molecule has 100 valence electrons. The third-order valence-electron chi connectivity index (χ3n) is 2.39. The molecule has 1 unspecified atom stereocenters. The highest BCUT2D eigenvalue weighted by Gasteiger charge is 2.31. The van der Waals surface area contributed by atoms with Gasteiger partial charge in [-0.05, 0) is 24.6 Å². The third kappa shape index (κ3) is 4.92. The summed E-state index contributed by atoms with van der Waals surface area (Å²) in [4.78, 5) is 10.1. The monoisotopic (exact) mass is 338 g/mol. The first kappa shape index (κ1) is 15.4. The molecule has 0 heterocycles. The molecular formula is C12H13BrClFO3. The zero-order valence-electron chi connectivity index (χ0n) is 9.79. The lowest BCUT2D eigenvalue weighted by Crippen LogP contribution is -2.30. The Morgan fingerprint density at radius 1 is 1.44 bits per heavy atom. The Kier molecular flexibility index (Phi) is 6.05. The van der Waals surface area contributed by atoms with E-state index in [9.17, 15) is 9.18 Å². The molecule has 6 heteroatoms. The van der Waals surface area contributed by atoms with Gasteiger partial charge in [0.05, 0.1) is 6.61 Å². The summed E-state index contributed by atoms with van der Waals surface area (Å²) in [6, 6.07) is 6.02. The number of halogens is 3. The number of ether oxygens (including phenoxy) is 1. The van der Waals surface area contributed by atoms with Gasteiger partial charge in [0.1, 0.15) is 10.7 Å². The van der Waals surface area contributed by atoms with Gasteiger partial charge in [-0.2, -0.15) is 0 Å². The Hall–Kier alpha value is -0.650. The second-order valence-electron chi connectivity index (χ2n) is 3.99. The summed E-state index contributed by atoms with van der Waals surface area (Å²) >= 11 is 8.55. The zero-order valence-corrected chi connectivity index (χ0v) is 12.1. The molecule has 0 saturated heterocycles. The molecule has 0 fully saturated rings. The summed E-state index contributed by atoms with van der Waals surface area (Å²) in [5.74, 6) is -0.846. The van der Waals surface area contributed by atoms with Crippen LogP contribution in [0.25, 0.3) is 0 Å². The van der Waals surface area contributed by atoms with Gasteiger partial charge < -0.3 is 8.57 Å². The minimum absolute atomic E-state index is 0.285. The summed E-state index contributed by atoms with van der Waals surface area (Å²) in [6.45, 7) is 2.20. The van der Waals surface area contributed by atoms with Gasteiger partial charge in [-0.15, -0.1) is 11.6 Å². The van der Waals surface area contributed by atoms with Crippen LogP contribution in [-0.2, 0) is 20.0 Å². The molecule has 0 aromatic heterocycles. The lowest BCUT2D eigenvalue weighted by molar-refractivity contribution is -0.135. The Labute approximate surface area is 119 Å². The quantitative estimate of drug-likeness (QED) is 0.587. The molecule has 3 nitrogen and oxygen atoms in total. The van der Waals surface area contributed by atoms with Gasteiger partial charge in [-0.1, -0.05) is 12.1 Å². The minimum atomic E-state index is -1.12. The summed E-state index contributed by atoms with van der Waals surface area (Å²) in [7, 11) is 0. The standard InChI is InChI=1S/C12H13BrClFO3/c1-12(14,11(16)18-13)6-7-17-8-9-2-4-10(15)5-3-9/h2-5H,6-8H2,1H3. The van der Waals surface area contributed by atoms with Crippen LogP contribution in [0.2, 0.25) is 0 Å². The van der Waals surface area contributed by atoms with E-state index in [0.29, 0.717) is 19.6 Å². The first-order valence-corrected chi connectivity index (χ1v) is 6.32. The maximum absolute atomic E-state index is 12.6. The summed E-state index contributed by atoms with van der Waals surface area (Å²) in [5.41, 5.74) is 0.857. The summed E-state index contributed by atoms with van der Waals surface area (Å²) < 4.78 is 22.4. The van der Waals surface area contributed by atoms with Crippen molar-refractivity contribution in [3.8, 4) is 0 Å². The average Bonchev–Trinajstić information content (AvgIpc) is 2.35. The molecule has 0 aliphatic rings. The predicted molar refractivity (Wildman–Crippen MR) is 70.0 cm³/mol. The molecule has 0 N–H and O–H groups in total. The highest BCUT2D eigenvalue weighted by Crippen LogP contribution is 2.22. The van der Waals surface area contributed by atoms with Crippen LogP contribution in [0.4, 0.5) is 4.39 Å². The second-order valence-corrected chi connectivity index (χ2v) is 5.15. The fourth-order valence-electron chi connectivity index (χ4n) is 1.22. The highest BCUT2D eigenvalue weighted by atomic mass is 79.9. The van der Waals surface area contributed by atoms with Crippen LogP contribution in [0, 0.1) is 5.82 Å². The van der Waals surface area contributed by atoms with E-state index < -0.39 is 10.8 Å². The first-order chi connectivity index (χ1) is 8.45. The molecule has 0 amide bonds. The molecule has 1 rings (SSSR count). The van der Waals surface area contributed by atoms with Crippen LogP contribution in [0.3, 0.4) is 0 Å². The van der Waals surface area contributed by atoms with Gasteiger partial charge in [0.15, 0.2) is 16.3 Å². The SMILES string of the molecule is CC(Cl)(CCOCc1ccc(F)cc1)C(=O)OBr. The van der Waals surface area contributed by atoms with E-state index >= 15 is 0 Å². The van der Waals surface area contributed by atoms with Crippen LogP contribution in [-0.4, -0.2) is 17.5 Å². The Morgan fingerprint density at radius 3 is 2.61 bits per heavy atom. The van der Waals surface area contributed by atoms with Gasteiger partial charge in [0.25, 0.3) is 0 Å². The van der Waals surface area contributed by atoms with Crippen molar-refractivity contribution in [1.29, 1.82) is 0 Å². The molecule has 0 radical (unpaired) electrons. The number of hydrogen-bond donors (Lipinski definition) is 0. The lowest BCUT2D eigenvalue weighted by atomic mass is 10.1.